The molecule has 1 heterocycles. The molecular formula is C21H28N4O4S. The van der Waals surface area contributed by atoms with Crippen molar-refractivity contribution in [1.29, 1.82) is 0 Å². The fourth-order valence-electron chi connectivity index (χ4n) is 3.02. The number of thioether (sulfide) groups is 1. The first kappa shape index (κ1) is 23.6. The summed E-state index contributed by atoms with van der Waals surface area (Å²) < 4.78 is 0. The molecule has 2 rings (SSSR count). The van der Waals surface area contributed by atoms with Crippen LogP contribution in [-0.2, 0) is 25.6 Å². The van der Waals surface area contributed by atoms with Gasteiger partial charge in [-0.1, -0.05) is 43.8 Å². The van der Waals surface area contributed by atoms with Gasteiger partial charge in [0, 0.05) is 24.0 Å². The first-order valence-corrected chi connectivity index (χ1v) is 10.6. The number of carbonyl (C=O) groups excluding carboxylic acids is 4. The number of Topliss-reactive ketones (excluding diaryl/α,β-unsaturated/α-hetero) is 1. The molecule has 30 heavy (non-hydrogen) atoms. The molecule has 9 heteroatoms. The number of para-hydroxylation sites is 1. The Morgan fingerprint density at radius 2 is 1.73 bits per heavy atom. The number of hydrogen-bond acceptors (Lipinski definition) is 6. The normalized spacial score (nSPS) is 14.2. The average molecular weight is 433 g/mol. The number of aromatic amines is 1. The van der Waals surface area contributed by atoms with Crippen molar-refractivity contribution < 1.29 is 19.2 Å². The minimum Gasteiger partial charge on any atom is -0.361 e. The van der Waals surface area contributed by atoms with E-state index in [9.17, 15) is 19.2 Å². The van der Waals surface area contributed by atoms with Crippen LogP contribution < -0.4 is 16.4 Å². The first-order valence-electron chi connectivity index (χ1n) is 9.69. The number of aromatic nitrogens is 1. The third kappa shape index (κ3) is 6.17. The van der Waals surface area contributed by atoms with Crippen LogP contribution in [0.15, 0.2) is 30.5 Å². The number of carbonyl (C=O) groups is 4. The van der Waals surface area contributed by atoms with Crippen LogP contribution in [0.1, 0.15) is 33.3 Å². The SMILES string of the molecule is CC(=O)S[C@H](NC(=O)[C@H](NC(=O)[C@@H](N)Cc1c[nH]c2ccccc12)C(C)C)C(C)=O. The highest BCUT2D eigenvalue weighted by Crippen LogP contribution is 2.19. The van der Waals surface area contributed by atoms with Crippen molar-refractivity contribution in [3.05, 3.63) is 36.0 Å². The number of nitrogens with two attached hydrogens (primary N) is 1. The zero-order chi connectivity index (χ0) is 22.4. The molecule has 162 valence electrons. The number of hydrogen-bond donors (Lipinski definition) is 4. The van der Waals surface area contributed by atoms with Gasteiger partial charge in [0.25, 0.3) is 0 Å². The second-order valence-corrected chi connectivity index (χ2v) is 8.79. The van der Waals surface area contributed by atoms with Crippen molar-refractivity contribution in [2.24, 2.45) is 11.7 Å². The summed E-state index contributed by atoms with van der Waals surface area (Å²) in [6.45, 7) is 6.16. The van der Waals surface area contributed by atoms with E-state index in [1.165, 1.54) is 13.8 Å². The highest BCUT2D eigenvalue weighted by Gasteiger charge is 2.30. The Hall–Kier alpha value is -2.65. The molecule has 0 aliphatic carbocycles. The Bertz CT molecular complexity index is 940. The lowest BCUT2D eigenvalue weighted by molar-refractivity contribution is -0.131. The number of amides is 2. The molecule has 0 unspecified atom stereocenters. The molecule has 0 bridgehead atoms. The molecule has 0 spiro atoms. The molecule has 0 radical (unpaired) electrons. The lowest BCUT2D eigenvalue weighted by Gasteiger charge is -2.25. The monoisotopic (exact) mass is 432 g/mol. The van der Waals surface area contributed by atoms with Crippen LogP contribution >= 0.6 is 11.8 Å². The molecule has 8 nitrogen and oxygen atoms in total. The van der Waals surface area contributed by atoms with Crippen LogP contribution in [0.25, 0.3) is 10.9 Å². The Kier molecular flexibility index (Phi) is 8.19. The fraction of sp³-hybridized carbons (Fsp3) is 0.429. The number of benzene rings is 1. The van der Waals surface area contributed by atoms with E-state index in [0.29, 0.717) is 6.42 Å². The highest BCUT2D eigenvalue weighted by atomic mass is 32.2. The molecule has 0 fully saturated rings. The van der Waals surface area contributed by atoms with Gasteiger partial charge in [0.2, 0.25) is 11.8 Å². The van der Waals surface area contributed by atoms with Crippen molar-refractivity contribution in [3.63, 3.8) is 0 Å². The van der Waals surface area contributed by atoms with E-state index in [0.717, 1.165) is 28.2 Å². The van der Waals surface area contributed by atoms with Crippen LogP contribution in [0.5, 0.6) is 0 Å². The minimum absolute atomic E-state index is 0.246. The van der Waals surface area contributed by atoms with E-state index in [4.69, 9.17) is 5.73 Å². The third-order valence-corrected chi connectivity index (χ3v) is 5.64. The maximum absolute atomic E-state index is 12.7. The molecule has 1 aromatic carbocycles. The summed E-state index contributed by atoms with van der Waals surface area (Å²) in [5.41, 5.74) is 7.97. The van der Waals surface area contributed by atoms with E-state index in [-0.39, 0.29) is 16.8 Å². The quantitative estimate of drug-likeness (QED) is 0.444. The number of ketones is 1. The molecule has 1 aromatic heterocycles. The summed E-state index contributed by atoms with van der Waals surface area (Å²) in [4.78, 5) is 51.5. The fourth-order valence-corrected chi connectivity index (χ4v) is 3.70. The van der Waals surface area contributed by atoms with Crippen LogP contribution in [0, 0.1) is 5.92 Å². The van der Waals surface area contributed by atoms with Gasteiger partial charge < -0.3 is 21.4 Å². The second-order valence-electron chi connectivity index (χ2n) is 7.51. The van der Waals surface area contributed by atoms with Gasteiger partial charge in [0.05, 0.1) is 6.04 Å². The van der Waals surface area contributed by atoms with Crippen molar-refractivity contribution >= 4 is 45.4 Å². The van der Waals surface area contributed by atoms with E-state index in [1.807, 2.05) is 30.5 Å². The number of rotatable bonds is 9. The predicted molar refractivity (Wildman–Crippen MR) is 118 cm³/mol. The van der Waals surface area contributed by atoms with Gasteiger partial charge in [-0.2, -0.15) is 0 Å². The predicted octanol–water partition coefficient (Wildman–Crippen LogP) is 1.49. The summed E-state index contributed by atoms with van der Waals surface area (Å²) in [5.74, 6) is -1.60. The number of fused-ring (bicyclic) bond motifs is 1. The first-order chi connectivity index (χ1) is 14.1. The van der Waals surface area contributed by atoms with Gasteiger partial charge in [-0.3, -0.25) is 19.2 Å². The van der Waals surface area contributed by atoms with Crippen molar-refractivity contribution in [1.82, 2.24) is 15.6 Å². The average Bonchev–Trinajstić information content (AvgIpc) is 3.07. The topological polar surface area (TPSA) is 134 Å². The molecule has 0 saturated carbocycles. The summed E-state index contributed by atoms with van der Waals surface area (Å²) in [5, 5.41) is 4.93. The second kappa shape index (κ2) is 10.4. The molecule has 0 aliphatic heterocycles. The van der Waals surface area contributed by atoms with Gasteiger partial charge in [-0.15, -0.1) is 0 Å². The van der Waals surface area contributed by atoms with Crippen LogP contribution in [0.3, 0.4) is 0 Å². The summed E-state index contributed by atoms with van der Waals surface area (Å²) in [7, 11) is 0. The Morgan fingerprint density at radius 1 is 1.07 bits per heavy atom. The smallest absolute Gasteiger partial charge is 0.244 e. The maximum Gasteiger partial charge on any atom is 0.244 e. The molecule has 2 amide bonds. The van der Waals surface area contributed by atoms with E-state index in [1.54, 1.807) is 13.8 Å². The van der Waals surface area contributed by atoms with Gasteiger partial charge >= 0.3 is 0 Å². The number of H-pyrrole nitrogens is 1. The molecular weight excluding hydrogens is 404 g/mol. The highest BCUT2D eigenvalue weighted by molar-refractivity contribution is 8.14. The van der Waals surface area contributed by atoms with Gasteiger partial charge in [0.15, 0.2) is 10.9 Å². The zero-order valence-corrected chi connectivity index (χ0v) is 18.3. The van der Waals surface area contributed by atoms with E-state index in [2.05, 4.69) is 15.6 Å². The van der Waals surface area contributed by atoms with Crippen molar-refractivity contribution in [2.75, 3.05) is 0 Å². The minimum atomic E-state index is -0.993. The van der Waals surface area contributed by atoms with Crippen LogP contribution in [0.2, 0.25) is 0 Å². The van der Waals surface area contributed by atoms with E-state index >= 15 is 0 Å². The molecule has 2 aromatic rings. The van der Waals surface area contributed by atoms with Crippen molar-refractivity contribution in [2.45, 2.75) is 51.6 Å². The molecule has 0 saturated heterocycles. The number of nitrogens with one attached hydrogen (secondary N) is 3. The van der Waals surface area contributed by atoms with Gasteiger partial charge in [0.1, 0.15) is 11.4 Å². The summed E-state index contributed by atoms with van der Waals surface area (Å²) in [6.07, 6.45) is 2.12. The Morgan fingerprint density at radius 3 is 2.33 bits per heavy atom. The molecule has 5 N–H and O–H groups in total. The Labute approximate surface area is 179 Å². The lowest BCUT2D eigenvalue weighted by Crippen LogP contribution is -2.56. The van der Waals surface area contributed by atoms with Gasteiger partial charge in [-0.05, 0) is 30.9 Å². The molecule has 3 atom stereocenters. The summed E-state index contributed by atoms with van der Waals surface area (Å²) in [6, 6.07) is 5.97. The van der Waals surface area contributed by atoms with E-state index < -0.39 is 29.3 Å². The lowest BCUT2D eigenvalue weighted by atomic mass is 10.0. The van der Waals surface area contributed by atoms with Crippen LogP contribution in [-0.4, -0.2) is 45.2 Å². The maximum atomic E-state index is 12.7. The standard InChI is InChI=1S/C21H28N4O4S/c1-11(2)18(20(29)25-21(12(3)26)30-13(4)27)24-19(28)16(22)9-14-10-23-17-8-6-5-7-15(14)17/h5-8,10-11,16,18,21,23H,9,22H2,1-4H3,(H,24,28)(H,25,29)/t16-,18+,21-/m0/s1. The molecule has 0 aliphatic rings. The summed E-state index contributed by atoms with van der Waals surface area (Å²) >= 11 is 0.733. The Balaban J connectivity index is 2.05. The third-order valence-electron chi connectivity index (χ3n) is 4.62. The zero-order valence-electron chi connectivity index (χ0n) is 17.5. The van der Waals surface area contributed by atoms with Crippen LogP contribution in [0.4, 0.5) is 0 Å². The van der Waals surface area contributed by atoms with Crippen molar-refractivity contribution in [3.8, 4) is 0 Å². The largest absolute Gasteiger partial charge is 0.361 e. The van der Waals surface area contributed by atoms with Gasteiger partial charge in [-0.25, -0.2) is 0 Å².